The number of ether oxygens (including phenoxy) is 1. The molecule has 0 saturated heterocycles. The van der Waals surface area contributed by atoms with Crippen LogP contribution in [0.5, 0.6) is 5.75 Å². The predicted octanol–water partition coefficient (Wildman–Crippen LogP) is 3.47. The van der Waals surface area contributed by atoms with Gasteiger partial charge in [0.1, 0.15) is 12.4 Å². The summed E-state index contributed by atoms with van der Waals surface area (Å²) < 4.78 is 5.87. The average molecular weight is 278 g/mol. The van der Waals surface area contributed by atoms with Crippen LogP contribution in [0.15, 0.2) is 24.3 Å². The molecule has 0 bridgehead atoms. The molecule has 0 radical (unpaired) electrons. The third kappa shape index (κ3) is 5.93. The molecule has 20 heavy (non-hydrogen) atoms. The summed E-state index contributed by atoms with van der Waals surface area (Å²) in [4.78, 5) is 2.37. The van der Waals surface area contributed by atoms with Crippen molar-refractivity contribution >= 4 is 0 Å². The fourth-order valence-electron chi connectivity index (χ4n) is 2.18. The second-order valence-electron chi connectivity index (χ2n) is 5.12. The van der Waals surface area contributed by atoms with Crippen molar-refractivity contribution in [2.45, 2.75) is 40.2 Å². The zero-order valence-corrected chi connectivity index (χ0v) is 13.5. The van der Waals surface area contributed by atoms with Crippen LogP contribution in [0.1, 0.15) is 45.7 Å². The van der Waals surface area contributed by atoms with Gasteiger partial charge in [-0.25, -0.2) is 0 Å². The molecule has 3 heteroatoms. The Balaban J connectivity index is 2.47. The van der Waals surface area contributed by atoms with Gasteiger partial charge in [-0.05, 0) is 50.7 Å². The van der Waals surface area contributed by atoms with Gasteiger partial charge in [0, 0.05) is 12.6 Å². The van der Waals surface area contributed by atoms with E-state index in [2.05, 4.69) is 56.1 Å². The van der Waals surface area contributed by atoms with E-state index in [1.165, 1.54) is 5.56 Å². The average Bonchev–Trinajstić information content (AvgIpc) is 2.49. The zero-order valence-electron chi connectivity index (χ0n) is 13.5. The molecule has 0 saturated carbocycles. The highest BCUT2D eigenvalue weighted by Crippen LogP contribution is 2.19. The number of benzene rings is 1. The Kier molecular flexibility index (Phi) is 8.31. The van der Waals surface area contributed by atoms with Crippen LogP contribution < -0.4 is 10.1 Å². The second-order valence-corrected chi connectivity index (χ2v) is 5.12. The van der Waals surface area contributed by atoms with Gasteiger partial charge in [-0.2, -0.15) is 0 Å². The first-order chi connectivity index (χ1) is 9.71. The largest absolute Gasteiger partial charge is 0.492 e. The van der Waals surface area contributed by atoms with Crippen molar-refractivity contribution in [1.29, 1.82) is 0 Å². The van der Waals surface area contributed by atoms with E-state index >= 15 is 0 Å². The van der Waals surface area contributed by atoms with Crippen LogP contribution in [0.25, 0.3) is 0 Å². The van der Waals surface area contributed by atoms with Gasteiger partial charge in [-0.1, -0.05) is 32.9 Å². The molecule has 1 aromatic rings. The van der Waals surface area contributed by atoms with Crippen LogP contribution in [-0.2, 0) is 0 Å². The van der Waals surface area contributed by atoms with Gasteiger partial charge in [0.05, 0.1) is 0 Å². The molecule has 1 atom stereocenters. The van der Waals surface area contributed by atoms with Crippen LogP contribution in [-0.4, -0.2) is 37.7 Å². The van der Waals surface area contributed by atoms with Gasteiger partial charge in [0.15, 0.2) is 0 Å². The molecule has 1 unspecified atom stereocenters. The van der Waals surface area contributed by atoms with E-state index < -0.39 is 0 Å². The molecule has 1 rings (SSSR count). The van der Waals surface area contributed by atoms with Crippen molar-refractivity contribution in [2.24, 2.45) is 0 Å². The minimum absolute atomic E-state index is 0.376. The summed E-state index contributed by atoms with van der Waals surface area (Å²) in [5.41, 5.74) is 1.29. The molecule has 3 nitrogen and oxygen atoms in total. The zero-order chi connectivity index (χ0) is 14.8. The number of nitrogens with one attached hydrogen (secondary N) is 1. The summed E-state index contributed by atoms with van der Waals surface area (Å²) in [5.74, 6) is 0.972. The fraction of sp³-hybridized carbons (Fsp3) is 0.647. The quantitative estimate of drug-likeness (QED) is 0.709. The molecule has 0 heterocycles. The maximum atomic E-state index is 5.87. The van der Waals surface area contributed by atoms with E-state index in [4.69, 9.17) is 4.74 Å². The SMILES string of the molecule is CCCNC(C)c1cccc(OCCN(CC)CC)c1. The summed E-state index contributed by atoms with van der Waals surface area (Å²) in [6, 6.07) is 8.80. The lowest BCUT2D eigenvalue weighted by Gasteiger charge is -2.19. The Morgan fingerprint density at radius 3 is 2.60 bits per heavy atom. The van der Waals surface area contributed by atoms with E-state index in [0.29, 0.717) is 6.04 Å². The van der Waals surface area contributed by atoms with Gasteiger partial charge < -0.3 is 15.0 Å². The van der Waals surface area contributed by atoms with Crippen LogP contribution in [0.4, 0.5) is 0 Å². The van der Waals surface area contributed by atoms with Crippen molar-refractivity contribution in [1.82, 2.24) is 10.2 Å². The maximum Gasteiger partial charge on any atom is 0.119 e. The lowest BCUT2D eigenvalue weighted by Crippen LogP contribution is -2.27. The van der Waals surface area contributed by atoms with E-state index in [1.807, 2.05) is 6.07 Å². The molecular formula is C17H30N2O. The Morgan fingerprint density at radius 2 is 1.95 bits per heavy atom. The van der Waals surface area contributed by atoms with Crippen molar-refractivity contribution in [2.75, 3.05) is 32.8 Å². The van der Waals surface area contributed by atoms with Gasteiger partial charge >= 0.3 is 0 Å². The fourth-order valence-corrected chi connectivity index (χ4v) is 2.18. The monoisotopic (exact) mass is 278 g/mol. The highest BCUT2D eigenvalue weighted by atomic mass is 16.5. The molecule has 1 N–H and O–H groups in total. The normalized spacial score (nSPS) is 12.7. The first kappa shape index (κ1) is 17.0. The highest BCUT2D eigenvalue weighted by Gasteiger charge is 2.05. The van der Waals surface area contributed by atoms with Crippen LogP contribution in [0.3, 0.4) is 0 Å². The number of nitrogens with zero attached hydrogens (tertiary/aromatic N) is 1. The van der Waals surface area contributed by atoms with Crippen molar-refractivity contribution in [3.8, 4) is 5.75 Å². The summed E-state index contributed by atoms with van der Waals surface area (Å²) in [5, 5.41) is 3.50. The van der Waals surface area contributed by atoms with E-state index in [1.54, 1.807) is 0 Å². The third-order valence-electron chi connectivity index (χ3n) is 3.63. The molecular weight excluding hydrogens is 248 g/mol. The lowest BCUT2D eigenvalue weighted by atomic mass is 10.1. The van der Waals surface area contributed by atoms with Crippen LogP contribution in [0.2, 0.25) is 0 Å². The maximum absolute atomic E-state index is 5.87. The number of hydrogen-bond acceptors (Lipinski definition) is 3. The van der Waals surface area contributed by atoms with Crippen LogP contribution in [0, 0.1) is 0 Å². The Morgan fingerprint density at radius 1 is 1.20 bits per heavy atom. The Hall–Kier alpha value is -1.06. The van der Waals surface area contributed by atoms with Crippen molar-refractivity contribution in [3.63, 3.8) is 0 Å². The summed E-state index contributed by atoms with van der Waals surface area (Å²) >= 11 is 0. The number of likely N-dealkylation sites (N-methyl/N-ethyl adjacent to an activating group) is 1. The molecule has 1 aromatic carbocycles. The second kappa shape index (κ2) is 9.78. The first-order valence-corrected chi connectivity index (χ1v) is 7.89. The minimum atomic E-state index is 0.376. The molecule has 0 fully saturated rings. The lowest BCUT2D eigenvalue weighted by molar-refractivity contribution is 0.222. The predicted molar refractivity (Wildman–Crippen MR) is 86.4 cm³/mol. The van der Waals surface area contributed by atoms with Gasteiger partial charge in [0.25, 0.3) is 0 Å². The molecule has 0 amide bonds. The molecule has 0 aromatic heterocycles. The third-order valence-corrected chi connectivity index (χ3v) is 3.63. The molecule has 0 aliphatic carbocycles. The van der Waals surface area contributed by atoms with Crippen molar-refractivity contribution in [3.05, 3.63) is 29.8 Å². The minimum Gasteiger partial charge on any atom is -0.492 e. The smallest absolute Gasteiger partial charge is 0.119 e. The molecule has 0 aliphatic rings. The molecule has 0 aliphatic heterocycles. The molecule has 0 spiro atoms. The Bertz CT molecular complexity index is 364. The van der Waals surface area contributed by atoms with E-state index in [0.717, 1.165) is 45.0 Å². The summed E-state index contributed by atoms with van der Waals surface area (Å²) in [6.07, 6.45) is 1.16. The Labute approximate surface area is 124 Å². The van der Waals surface area contributed by atoms with Gasteiger partial charge in [-0.3, -0.25) is 0 Å². The van der Waals surface area contributed by atoms with Gasteiger partial charge in [0.2, 0.25) is 0 Å². The standard InChI is InChI=1S/C17H30N2O/c1-5-11-18-15(4)16-9-8-10-17(14-16)20-13-12-19(6-2)7-3/h8-10,14-15,18H,5-7,11-13H2,1-4H3. The topological polar surface area (TPSA) is 24.5 Å². The molecule has 114 valence electrons. The van der Waals surface area contributed by atoms with Gasteiger partial charge in [-0.15, -0.1) is 0 Å². The van der Waals surface area contributed by atoms with Crippen LogP contribution >= 0.6 is 0 Å². The highest BCUT2D eigenvalue weighted by molar-refractivity contribution is 5.30. The number of rotatable bonds is 10. The first-order valence-electron chi connectivity index (χ1n) is 7.89. The van der Waals surface area contributed by atoms with E-state index in [-0.39, 0.29) is 0 Å². The number of hydrogen-bond donors (Lipinski definition) is 1. The summed E-state index contributed by atoms with van der Waals surface area (Å²) in [6.45, 7) is 13.7. The summed E-state index contributed by atoms with van der Waals surface area (Å²) in [7, 11) is 0. The van der Waals surface area contributed by atoms with Crippen molar-refractivity contribution < 1.29 is 4.74 Å². The van der Waals surface area contributed by atoms with E-state index in [9.17, 15) is 0 Å².